The molecule has 68 valence electrons. The third kappa shape index (κ3) is 3.35. The van der Waals surface area contributed by atoms with Crippen LogP contribution >= 0.6 is 11.3 Å². The quantitative estimate of drug-likeness (QED) is 0.636. The normalized spacial score (nSPS) is 10.5. The number of rotatable bonds is 5. The van der Waals surface area contributed by atoms with Gasteiger partial charge in [0.2, 0.25) is 0 Å². The van der Waals surface area contributed by atoms with Crippen molar-refractivity contribution in [3.63, 3.8) is 0 Å². The van der Waals surface area contributed by atoms with Gasteiger partial charge in [0.05, 0.1) is 5.01 Å². The van der Waals surface area contributed by atoms with E-state index in [1.54, 1.807) is 11.3 Å². The van der Waals surface area contributed by atoms with Gasteiger partial charge in [-0.3, -0.25) is 0 Å². The monoisotopic (exact) mass is 183 g/mol. The molecule has 12 heavy (non-hydrogen) atoms. The Hall–Kier alpha value is -0.370. The molecule has 0 aliphatic carbocycles. The van der Waals surface area contributed by atoms with Crippen LogP contribution in [-0.4, -0.2) is 4.98 Å². The van der Waals surface area contributed by atoms with E-state index in [2.05, 4.69) is 24.2 Å². The van der Waals surface area contributed by atoms with E-state index in [-0.39, 0.29) is 0 Å². The molecule has 0 bridgehead atoms. The van der Waals surface area contributed by atoms with Crippen molar-refractivity contribution in [1.29, 1.82) is 0 Å². The first-order valence-electron chi connectivity index (χ1n) is 4.74. The molecular weight excluding hydrogens is 166 g/mol. The van der Waals surface area contributed by atoms with Gasteiger partial charge in [0.15, 0.2) is 0 Å². The van der Waals surface area contributed by atoms with Gasteiger partial charge in [-0.25, -0.2) is 4.98 Å². The Morgan fingerprint density at radius 1 is 1.33 bits per heavy atom. The minimum atomic E-state index is 1.17. The number of aromatic nitrogens is 1. The van der Waals surface area contributed by atoms with Crippen LogP contribution in [0.1, 0.15) is 43.3 Å². The molecule has 0 amide bonds. The highest BCUT2D eigenvalue weighted by Gasteiger charge is 1.97. The second-order valence-corrected chi connectivity index (χ2v) is 4.14. The Labute approximate surface area is 78.8 Å². The van der Waals surface area contributed by atoms with Crippen molar-refractivity contribution < 1.29 is 0 Å². The van der Waals surface area contributed by atoms with Gasteiger partial charge in [-0.1, -0.05) is 26.2 Å². The minimum Gasteiger partial charge on any atom is -0.247 e. The third-order valence-corrected chi connectivity index (χ3v) is 2.94. The average molecular weight is 183 g/mol. The van der Waals surface area contributed by atoms with Crippen LogP contribution in [0.25, 0.3) is 0 Å². The molecule has 0 fully saturated rings. The summed E-state index contributed by atoms with van der Waals surface area (Å²) in [6.07, 6.45) is 6.52. The van der Waals surface area contributed by atoms with Crippen molar-refractivity contribution in [1.82, 2.24) is 4.98 Å². The molecule has 0 aromatic carbocycles. The fourth-order valence-electron chi connectivity index (χ4n) is 1.22. The van der Waals surface area contributed by atoms with Gasteiger partial charge in [0, 0.05) is 11.1 Å². The van der Waals surface area contributed by atoms with Gasteiger partial charge in [-0.05, 0) is 19.8 Å². The summed E-state index contributed by atoms with van der Waals surface area (Å²) in [6, 6.07) is 0. The summed E-state index contributed by atoms with van der Waals surface area (Å²) < 4.78 is 0. The highest BCUT2D eigenvalue weighted by atomic mass is 32.1. The summed E-state index contributed by atoms with van der Waals surface area (Å²) in [7, 11) is 0. The van der Waals surface area contributed by atoms with Gasteiger partial charge in [-0.2, -0.15) is 0 Å². The molecule has 1 nitrogen and oxygen atoms in total. The molecule has 0 aliphatic rings. The summed E-state index contributed by atoms with van der Waals surface area (Å²) in [5.74, 6) is 0. The fourth-order valence-corrected chi connectivity index (χ4v) is 2.04. The molecule has 0 aliphatic heterocycles. The molecule has 0 saturated carbocycles. The topological polar surface area (TPSA) is 12.9 Å². The van der Waals surface area contributed by atoms with Crippen LogP contribution in [-0.2, 0) is 6.42 Å². The van der Waals surface area contributed by atoms with Crippen LogP contribution in [0.4, 0.5) is 0 Å². The number of unbranched alkanes of at least 4 members (excludes halogenated alkanes) is 3. The molecule has 0 N–H and O–H groups in total. The van der Waals surface area contributed by atoms with E-state index in [4.69, 9.17) is 0 Å². The SMILES string of the molecule is CCCCCCc1nc(C)cs1. The summed E-state index contributed by atoms with van der Waals surface area (Å²) in [4.78, 5) is 4.43. The summed E-state index contributed by atoms with van der Waals surface area (Å²) >= 11 is 1.80. The highest BCUT2D eigenvalue weighted by molar-refractivity contribution is 7.09. The Balaban J connectivity index is 2.15. The van der Waals surface area contributed by atoms with Gasteiger partial charge in [0.25, 0.3) is 0 Å². The van der Waals surface area contributed by atoms with Crippen LogP contribution in [0.2, 0.25) is 0 Å². The van der Waals surface area contributed by atoms with E-state index in [1.165, 1.54) is 42.8 Å². The van der Waals surface area contributed by atoms with Crippen molar-refractivity contribution in [3.8, 4) is 0 Å². The molecule has 0 radical (unpaired) electrons. The second-order valence-electron chi connectivity index (χ2n) is 3.19. The van der Waals surface area contributed by atoms with E-state index >= 15 is 0 Å². The molecule has 0 saturated heterocycles. The predicted molar refractivity (Wildman–Crippen MR) is 54.7 cm³/mol. The van der Waals surface area contributed by atoms with Gasteiger partial charge in [-0.15, -0.1) is 11.3 Å². The molecule has 2 heteroatoms. The Kier molecular flexibility index (Phi) is 4.30. The third-order valence-electron chi connectivity index (χ3n) is 1.91. The first kappa shape index (κ1) is 9.72. The lowest BCUT2D eigenvalue weighted by Gasteiger charge is -1.95. The first-order valence-corrected chi connectivity index (χ1v) is 5.62. The van der Waals surface area contributed by atoms with Crippen LogP contribution in [0.5, 0.6) is 0 Å². The maximum Gasteiger partial charge on any atom is 0.0928 e. The van der Waals surface area contributed by atoms with E-state index in [0.29, 0.717) is 0 Å². The molecule has 1 rings (SSSR count). The zero-order valence-corrected chi connectivity index (χ0v) is 8.78. The molecule has 1 heterocycles. The van der Waals surface area contributed by atoms with E-state index < -0.39 is 0 Å². The van der Waals surface area contributed by atoms with E-state index in [0.717, 1.165) is 0 Å². The number of nitrogens with zero attached hydrogens (tertiary/aromatic N) is 1. The summed E-state index contributed by atoms with van der Waals surface area (Å²) in [5, 5.41) is 3.44. The first-order chi connectivity index (χ1) is 5.83. The van der Waals surface area contributed by atoms with Gasteiger partial charge < -0.3 is 0 Å². The predicted octanol–water partition coefficient (Wildman–Crippen LogP) is 3.57. The zero-order chi connectivity index (χ0) is 8.81. The van der Waals surface area contributed by atoms with Gasteiger partial charge >= 0.3 is 0 Å². The molecule has 0 atom stereocenters. The standard InChI is InChI=1S/C10H17NS/c1-3-4-5-6-7-10-11-9(2)8-12-10/h8H,3-7H2,1-2H3. The Morgan fingerprint density at radius 2 is 2.17 bits per heavy atom. The highest BCUT2D eigenvalue weighted by Crippen LogP contribution is 2.12. The molecule has 0 spiro atoms. The number of aryl methyl sites for hydroxylation is 2. The fraction of sp³-hybridized carbons (Fsp3) is 0.700. The van der Waals surface area contributed by atoms with Crippen LogP contribution < -0.4 is 0 Å². The largest absolute Gasteiger partial charge is 0.247 e. The minimum absolute atomic E-state index is 1.17. The van der Waals surface area contributed by atoms with Crippen LogP contribution in [0.3, 0.4) is 0 Å². The van der Waals surface area contributed by atoms with Gasteiger partial charge in [0.1, 0.15) is 0 Å². The molecular formula is C10H17NS. The summed E-state index contributed by atoms with van der Waals surface area (Å²) in [6.45, 7) is 4.31. The van der Waals surface area contributed by atoms with Crippen molar-refractivity contribution in [2.24, 2.45) is 0 Å². The maximum absolute atomic E-state index is 4.43. The van der Waals surface area contributed by atoms with Crippen LogP contribution in [0, 0.1) is 6.92 Å². The molecule has 0 unspecified atom stereocenters. The van der Waals surface area contributed by atoms with E-state index in [9.17, 15) is 0 Å². The smallest absolute Gasteiger partial charge is 0.0928 e. The lowest BCUT2D eigenvalue weighted by molar-refractivity contribution is 0.665. The number of hydrogen-bond acceptors (Lipinski definition) is 2. The number of thiazole rings is 1. The molecule has 1 aromatic heterocycles. The van der Waals surface area contributed by atoms with Crippen molar-refractivity contribution in [3.05, 3.63) is 16.1 Å². The Morgan fingerprint density at radius 3 is 2.75 bits per heavy atom. The average Bonchev–Trinajstić information content (AvgIpc) is 2.45. The van der Waals surface area contributed by atoms with Crippen LogP contribution in [0.15, 0.2) is 5.38 Å². The van der Waals surface area contributed by atoms with Crippen molar-refractivity contribution in [2.45, 2.75) is 46.0 Å². The van der Waals surface area contributed by atoms with Crippen molar-refractivity contribution in [2.75, 3.05) is 0 Å². The van der Waals surface area contributed by atoms with Crippen molar-refractivity contribution >= 4 is 11.3 Å². The Bertz CT molecular complexity index is 217. The van der Waals surface area contributed by atoms with E-state index in [1.807, 2.05) is 0 Å². The second kappa shape index (κ2) is 5.31. The zero-order valence-electron chi connectivity index (χ0n) is 7.97. The summed E-state index contributed by atoms with van der Waals surface area (Å²) in [5.41, 5.74) is 1.17. The maximum atomic E-state index is 4.43. The lowest BCUT2D eigenvalue weighted by Crippen LogP contribution is -1.84. The number of hydrogen-bond donors (Lipinski definition) is 0. The molecule has 1 aromatic rings. The lowest BCUT2D eigenvalue weighted by atomic mass is 10.2.